The largest absolute Gasteiger partial charge is 0.354 e. The summed E-state index contributed by atoms with van der Waals surface area (Å²) in [5.41, 5.74) is 1.17. The van der Waals surface area contributed by atoms with E-state index in [1.807, 2.05) is 0 Å². The summed E-state index contributed by atoms with van der Waals surface area (Å²) in [6.07, 6.45) is 4.05. The van der Waals surface area contributed by atoms with Crippen molar-refractivity contribution in [3.63, 3.8) is 0 Å². The number of benzene rings is 1. The fraction of sp³-hybridized carbons (Fsp3) is 0.562. The Hall–Kier alpha value is -1.27. The van der Waals surface area contributed by atoms with Crippen molar-refractivity contribution in [1.82, 2.24) is 5.32 Å². The number of carbonyl (C=O) groups excluding carboxylic acids is 1. The number of nitrogens with zero attached hydrogens (tertiary/aromatic N) is 1. The first-order valence-electron chi connectivity index (χ1n) is 7.71. The summed E-state index contributed by atoms with van der Waals surface area (Å²) in [6.45, 7) is 5.99. The van der Waals surface area contributed by atoms with E-state index < -0.39 is 16.1 Å². The molecule has 1 N–H and O–H groups in total. The normalized spacial score (nSPS) is 12.7. The molecule has 0 bridgehead atoms. The van der Waals surface area contributed by atoms with Crippen LogP contribution in [0.1, 0.15) is 38.7 Å². The van der Waals surface area contributed by atoms with Gasteiger partial charge in [0.2, 0.25) is 15.9 Å². The lowest BCUT2D eigenvalue weighted by Gasteiger charge is -2.29. The number of hydrogen-bond donors (Lipinski definition) is 1. The molecule has 5 nitrogen and oxygen atoms in total. The van der Waals surface area contributed by atoms with E-state index in [1.165, 1.54) is 0 Å². The van der Waals surface area contributed by atoms with Crippen molar-refractivity contribution in [3.05, 3.63) is 28.8 Å². The van der Waals surface area contributed by atoms with E-state index in [0.29, 0.717) is 17.3 Å². The summed E-state index contributed by atoms with van der Waals surface area (Å²) in [7, 11) is -3.62. The van der Waals surface area contributed by atoms with Crippen molar-refractivity contribution in [2.24, 2.45) is 0 Å². The molecule has 0 aliphatic rings. The maximum atomic E-state index is 12.3. The number of amides is 1. The van der Waals surface area contributed by atoms with Gasteiger partial charge in [-0.1, -0.05) is 37.4 Å². The number of halogens is 1. The molecular formula is C16H25ClN2O3S. The molecule has 1 atom stereocenters. The molecule has 0 spiro atoms. The van der Waals surface area contributed by atoms with E-state index in [-0.39, 0.29) is 5.91 Å². The molecular weight excluding hydrogens is 336 g/mol. The minimum Gasteiger partial charge on any atom is -0.354 e. The van der Waals surface area contributed by atoms with Crippen LogP contribution in [0.15, 0.2) is 18.2 Å². The second-order valence-corrected chi connectivity index (χ2v) is 7.96. The molecule has 0 aliphatic heterocycles. The van der Waals surface area contributed by atoms with Gasteiger partial charge in [0.05, 0.1) is 11.9 Å². The van der Waals surface area contributed by atoms with Crippen LogP contribution < -0.4 is 9.62 Å². The summed E-state index contributed by atoms with van der Waals surface area (Å²) in [5.74, 6) is -0.314. The molecule has 0 heterocycles. The number of hydrogen-bond acceptors (Lipinski definition) is 3. The van der Waals surface area contributed by atoms with Crippen LogP contribution in [0.2, 0.25) is 5.02 Å². The maximum Gasteiger partial charge on any atom is 0.243 e. The summed E-state index contributed by atoms with van der Waals surface area (Å²) in [4.78, 5) is 12.3. The van der Waals surface area contributed by atoms with Gasteiger partial charge < -0.3 is 5.32 Å². The number of nitrogens with one attached hydrogen (secondary N) is 1. The van der Waals surface area contributed by atoms with Crippen molar-refractivity contribution < 1.29 is 13.2 Å². The highest BCUT2D eigenvalue weighted by Gasteiger charge is 2.30. The van der Waals surface area contributed by atoms with Crippen LogP contribution >= 0.6 is 11.6 Å². The Balaban J connectivity index is 3.03. The molecule has 1 aromatic rings. The highest BCUT2D eigenvalue weighted by Crippen LogP contribution is 2.28. The zero-order valence-corrected chi connectivity index (χ0v) is 15.7. The number of unbranched alkanes of at least 4 members (excludes halogenated alkanes) is 2. The van der Waals surface area contributed by atoms with Crippen molar-refractivity contribution in [2.45, 2.75) is 46.1 Å². The standard InChI is InChI=1S/C16H25ClN2O3S/c1-5-6-7-10-18-16(20)13(3)19(23(4,21)22)15-11-14(17)9-8-12(15)2/h8-9,11,13H,5-7,10H2,1-4H3,(H,18,20)/t13-/m1/s1. The molecule has 23 heavy (non-hydrogen) atoms. The third-order valence-corrected chi connectivity index (χ3v) is 5.04. The monoisotopic (exact) mass is 360 g/mol. The van der Waals surface area contributed by atoms with E-state index in [9.17, 15) is 13.2 Å². The Morgan fingerprint density at radius 3 is 2.57 bits per heavy atom. The zero-order valence-electron chi connectivity index (χ0n) is 14.1. The van der Waals surface area contributed by atoms with E-state index in [4.69, 9.17) is 11.6 Å². The lowest BCUT2D eigenvalue weighted by molar-refractivity contribution is -0.121. The Morgan fingerprint density at radius 1 is 1.35 bits per heavy atom. The van der Waals surface area contributed by atoms with Gasteiger partial charge in [-0.05, 0) is 38.0 Å². The summed E-state index contributed by atoms with van der Waals surface area (Å²) in [6, 6.07) is 4.15. The SMILES string of the molecule is CCCCCNC(=O)[C@@H](C)N(c1cc(Cl)ccc1C)S(C)(=O)=O. The average Bonchev–Trinajstić information content (AvgIpc) is 2.45. The zero-order chi connectivity index (χ0) is 17.6. The molecule has 0 saturated heterocycles. The smallest absolute Gasteiger partial charge is 0.243 e. The van der Waals surface area contributed by atoms with E-state index in [0.717, 1.165) is 35.4 Å². The molecule has 1 amide bonds. The van der Waals surface area contributed by atoms with Crippen molar-refractivity contribution in [1.29, 1.82) is 0 Å². The lowest BCUT2D eigenvalue weighted by Crippen LogP contribution is -2.48. The number of rotatable bonds is 8. The van der Waals surface area contributed by atoms with Crippen LogP contribution in [0.4, 0.5) is 5.69 Å². The predicted molar refractivity (Wildman–Crippen MR) is 95.5 cm³/mol. The molecule has 0 aliphatic carbocycles. The van der Waals surface area contributed by atoms with Gasteiger partial charge >= 0.3 is 0 Å². The lowest BCUT2D eigenvalue weighted by atomic mass is 10.1. The topological polar surface area (TPSA) is 66.5 Å². The first-order valence-corrected chi connectivity index (χ1v) is 9.94. The van der Waals surface area contributed by atoms with Gasteiger partial charge in [-0.2, -0.15) is 0 Å². The Morgan fingerprint density at radius 2 is 2.00 bits per heavy atom. The molecule has 1 aromatic carbocycles. The summed E-state index contributed by atoms with van der Waals surface area (Å²) < 4.78 is 25.6. The Bertz CT molecular complexity index is 647. The fourth-order valence-electron chi connectivity index (χ4n) is 2.34. The molecule has 0 radical (unpaired) electrons. The minimum absolute atomic E-state index is 0.314. The quantitative estimate of drug-likeness (QED) is 0.724. The molecule has 1 rings (SSSR count). The number of sulfonamides is 1. The Kier molecular flexibility index (Phi) is 7.35. The van der Waals surface area contributed by atoms with Gasteiger partial charge in [0.25, 0.3) is 0 Å². The summed E-state index contributed by atoms with van der Waals surface area (Å²) in [5, 5.41) is 3.22. The third-order valence-electron chi connectivity index (χ3n) is 3.58. The first kappa shape index (κ1) is 19.8. The second-order valence-electron chi connectivity index (χ2n) is 5.66. The van der Waals surface area contributed by atoms with Gasteiger partial charge in [0, 0.05) is 11.6 Å². The van der Waals surface area contributed by atoms with Crippen LogP contribution in [-0.4, -0.2) is 33.2 Å². The van der Waals surface area contributed by atoms with E-state index in [1.54, 1.807) is 32.0 Å². The molecule has 0 unspecified atom stereocenters. The fourth-order valence-corrected chi connectivity index (χ4v) is 3.73. The van der Waals surface area contributed by atoms with Crippen LogP contribution in [0, 0.1) is 6.92 Å². The second kappa shape index (κ2) is 8.55. The van der Waals surface area contributed by atoms with Gasteiger partial charge in [-0.15, -0.1) is 0 Å². The van der Waals surface area contributed by atoms with Gasteiger partial charge in [-0.3, -0.25) is 9.10 Å². The van der Waals surface area contributed by atoms with Crippen molar-refractivity contribution >= 4 is 33.2 Å². The number of aryl methyl sites for hydroxylation is 1. The van der Waals surface area contributed by atoms with E-state index in [2.05, 4.69) is 12.2 Å². The Labute approximate surface area is 144 Å². The van der Waals surface area contributed by atoms with Gasteiger partial charge in [0.15, 0.2) is 0 Å². The number of anilines is 1. The molecule has 7 heteroatoms. The minimum atomic E-state index is -3.62. The molecule has 130 valence electrons. The molecule has 0 aromatic heterocycles. The summed E-state index contributed by atoms with van der Waals surface area (Å²) >= 11 is 5.99. The third kappa shape index (κ3) is 5.70. The van der Waals surface area contributed by atoms with Gasteiger partial charge in [0.1, 0.15) is 6.04 Å². The highest BCUT2D eigenvalue weighted by atomic mass is 35.5. The van der Waals surface area contributed by atoms with E-state index >= 15 is 0 Å². The molecule has 0 saturated carbocycles. The van der Waals surface area contributed by atoms with Crippen LogP contribution in [0.3, 0.4) is 0 Å². The predicted octanol–water partition coefficient (Wildman–Crippen LogP) is 3.11. The first-order chi connectivity index (χ1) is 10.7. The molecule has 0 fully saturated rings. The average molecular weight is 361 g/mol. The maximum absolute atomic E-state index is 12.3. The van der Waals surface area contributed by atoms with Gasteiger partial charge in [-0.25, -0.2) is 8.42 Å². The van der Waals surface area contributed by atoms with Crippen molar-refractivity contribution in [2.75, 3.05) is 17.1 Å². The number of carbonyl (C=O) groups is 1. The highest BCUT2D eigenvalue weighted by molar-refractivity contribution is 7.92. The van der Waals surface area contributed by atoms with Crippen LogP contribution in [0.25, 0.3) is 0 Å². The van der Waals surface area contributed by atoms with Crippen LogP contribution in [0.5, 0.6) is 0 Å². The van der Waals surface area contributed by atoms with Crippen LogP contribution in [-0.2, 0) is 14.8 Å². The van der Waals surface area contributed by atoms with Crippen molar-refractivity contribution in [3.8, 4) is 0 Å².